The number of piperidine rings is 1. The van der Waals surface area contributed by atoms with E-state index in [0.29, 0.717) is 17.9 Å². The van der Waals surface area contributed by atoms with Crippen LogP contribution in [0.5, 0.6) is 5.75 Å². The molecule has 0 aromatic heterocycles. The molecule has 1 saturated heterocycles. The number of nitrogens with zero attached hydrogens (tertiary/aromatic N) is 1. The second-order valence-electron chi connectivity index (χ2n) is 7.01. The topological polar surface area (TPSA) is 50.8 Å². The Kier molecular flexibility index (Phi) is 6.85. The first-order chi connectivity index (χ1) is 13.2. The van der Waals surface area contributed by atoms with E-state index >= 15 is 0 Å². The third kappa shape index (κ3) is 5.31. The molecule has 5 nitrogen and oxygen atoms in total. The van der Waals surface area contributed by atoms with Gasteiger partial charge in [0.05, 0.1) is 18.2 Å². The highest BCUT2D eigenvalue weighted by molar-refractivity contribution is 5.97. The lowest BCUT2D eigenvalue weighted by Crippen LogP contribution is -2.36. The first kappa shape index (κ1) is 19.4. The molecule has 0 aliphatic carbocycles. The number of para-hydroxylation sites is 1. The molecule has 2 aromatic carbocycles. The zero-order valence-corrected chi connectivity index (χ0v) is 16.1. The van der Waals surface area contributed by atoms with Crippen molar-refractivity contribution in [2.75, 3.05) is 33.9 Å². The molecule has 144 valence electrons. The number of ether oxygens (including phenoxy) is 2. The first-order valence-corrected chi connectivity index (χ1v) is 9.46. The van der Waals surface area contributed by atoms with Gasteiger partial charge in [0.1, 0.15) is 11.9 Å². The molecule has 27 heavy (non-hydrogen) atoms. The van der Waals surface area contributed by atoms with Crippen LogP contribution in [0.4, 0.5) is 0 Å². The van der Waals surface area contributed by atoms with Crippen molar-refractivity contribution in [2.24, 2.45) is 0 Å². The molecule has 0 radical (unpaired) electrons. The Labute approximate surface area is 161 Å². The summed E-state index contributed by atoms with van der Waals surface area (Å²) < 4.78 is 11.5. The summed E-state index contributed by atoms with van der Waals surface area (Å²) in [6, 6.07) is 17.1. The molecular weight excluding hydrogens is 340 g/mol. The number of hydrogen-bond donors (Lipinski definition) is 1. The molecular formula is C22H28N2O3. The van der Waals surface area contributed by atoms with E-state index in [1.165, 1.54) is 0 Å². The quantitative estimate of drug-likeness (QED) is 0.815. The monoisotopic (exact) mass is 368 g/mol. The van der Waals surface area contributed by atoms with E-state index in [2.05, 4.69) is 17.3 Å². The van der Waals surface area contributed by atoms with Crippen molar-refractivity contribution in [3.8, 4) is 5.75 Å². The van der Waals surface area contributed by atoms with Crippen molar-refractivity contribution in [2.45, 2.75) is 25.0 Å². The maximum absolute atomic E-state index is 13.0. The van der Waals surface area contributed by atoms with Crippen molar-refractivity contribution >= 4 is 5.91 Å². The SMILES string of the molecule is COCC(NC(=O)c1ccccc1OC1CCN(C)CC1)c1ccccc1. The summed E-state index contributed by atoms with van der Waals surface area (Å²) in [5.41, 5.74) is 1.58. The number of carbonyl (C=O) groups is 1. The molecule has 2 aromatic rings. The van der Waals surface area contributed by atoms with Gasteiger partial charge in [-0.2, -0.15) is 0 Å². The summed E-state index contributed by atoms with van der Waals surface area (Å²) in [5, 5.41) is 3.08. The Morgan fingerprint density at radius 1 is 1.11 bits per heavy atom. The van der Waals surface area contributed by atoms with Crippen LogP contribution in [-0.4, -0.2) is 50.8 Å². The van der Waals surface area contributed by atoms with Crippen LogP contribution >= 0.6 is 0 Å². The summed E-state index contributed by atoms with van der Waals surface area (Å²) >= 11 is 0. The second-order valence-corrected chi connectivity index (χ2v) is 7.01. The maximum atomic E-state index is 13.0. The normalized spacial score (nSPS) is 16.7. The number of carbonyl (C=O) groups excluding carboxylic acids is 1. The fourth-order valence-electron chi connectivity index (χ4n) is 3.35. The van der Waals surface area contributed by atoms with Crippen LogP contribution in [0.3, 0.4) is 0 Å². The number of nitrogens with one attached hydrogen (secondary N) is 1. The molecule has 3 rings (SSSR count). The average Bonchev–Trinajstić information content (AvgIpc) is 2.70. The molecule has 1 amide bonds. The standard InChI is InChI=1S/C22H28N2O3/c1-24-14-12-18(13-15-24)27-21-11-7-6-10-19(21)22(25)23-20(16-26-2)17-8-4-3-5-9-17/h3-11,18,20H,12-16H2,1-2H3,(H,23,25). The highest BCUT2D eigenvalue weighted by Crippen LogP contribution is 2.24. The fourth-order valence-corrected chi connectivity index (χ4v) is 3.35. The Bertz CT molecular complexity index is 727. The second kappa shape index (κ2) is 9.53. The first-order valence-electron chi connectivity index (χ1n) is 9.46. The van der Waals surface area contributed by atoms with E-state index in [1.807, 2.05) is 54.6 Å². The molecule has 1 aliphatic rings. The molecule has 1 fully saturated rings. The molecule has 0 bridgehead atoms. The number of likely N-dealkylation sites (tertiary alicyclic amines) is 1. The molecule has 5 heteroatoms. The predicted molar refractivity (Wildman–Crippen MR) is 106 cm³/mol. The number of amides is 1. The Morgan fingerprint density at radius 2 is 1.78 bits per heavy atom. The zero-order valence-electron chi connectivity index (χ0n) is 16.1. The number of hydrogen-bond acceptors (Lipinski definition) is 4. The lowest BCUT2D eigenvalue weighted by molar-refractivity contribution is 0.0875. The van der Waals surface area contributed by atoms with Gasteiger partial charge in [-0.3, -0.25) is 4.79 Å². The van der Waals surface area contributed by atoms with Crippen molar-refractivity contribution in [1.82, 2.24) is 10.2 Å². The van der Waals surface area contributed by atoms with E-state index < -0.39 is 0 Å². The van der Waals surface area contributed by atoms with E-state index in [0.717, 1.165) is 31.5 Å². The average molecular weight is 368 g/mol. The summed E-state index contributed by atoms with van der Waals surface area (Å²) in [5.74, 6) is 0.498. The molecule has 1 unspecified atom stereocenters. The van der Waals surface area contributed by atoms with Crippen LogP contribution in [0, 0.1) is 0 Å². The Balaban J connectivity index is 1.72. The Morgan fingerprint density at radius 3 is 2.48 bits per heavy atom. The van der Waals surface area contributed by atoms with Crippen molar-refractivity contribution in [3.05, 3.63) is 65.7 Å². The third-order valence-corrected chi connectivity index (χ3v) is 4.93. The minimum atomic E-state index is -0.208. The minimum Gasteiger partial charge on any atom is -0.489 e. The Hall–Kier alpha value is -2.37. The van der Waals surface area contributed by atoms with Crippen LogP contribution in [0.1, 0.15) is 34.8 Å². The van der Waals surface area contributed by atoms with Gasteiger partial charge in [0.2, 0.25) is 0 Å². The van der Waals surface area contributed by atoms with E-state index in [4.69, 9.17) is 9.47 Å². The van der Waals surface area contributed by atoms with Gasteiger partial charge in [-0.25, -0.2) is 0 Å². The zero-order chi connectivity index (χ0) is 19.1. The van der Waals surface area contributed by atoms with E-state index in [1.54, 1.807) is 7.11 Å². The lowest BCUT2D eigenvalue weighted by Gasteiger charge is -2.30. The smallest absolute Gasteiger partial charge is 0.255 e. The summed E-state index contributed by atoms with van der Waals surface area (Å²) in [7, 11) is 3.76. The third-order valence-electron chi connectivity index (χ3n) is 4.93. The highest BCUT2D eigenvalue weighted by Gasteiger charge is 2.22. The number of rotatable bonds is 7. The van der Waals surface area contributed by atoms with Crippen molar-refractivity contribution in [3.63, 3.8) is 0 Å². The van der Waals surface area contributed by atoms with Gasteiger partial charge < -0.3 is 19.7 Å². The molecule has 1 N–H and O–H groups in total. The number of benzene rings is 2. The highest BCUT2D eigenvalue weighted by atomic mass is 16.5. The molecule has 0 spiro atoms. The molecule has 1 aliphatic heterocycles. The predicted octanol–water partition coefficient (Wildman–Crippen LogP) is 3.28. The fraction of sp³-hybridized carbons (Fsp3) is 0.409. The van der Waals surface area contributed by atoms with Gasteiger partial charge in [0.25, 0.3) is 5.91 Å². The van der Waals surface area contributed by atoms with E-state index in [9.17, 15) is 4.79 Å². The van der Waals surface area contributed by atoms with Crippen molar-refractivity contribution < 1.29 is 14.3 Å². The van der Waals surface area contributed by atoms with Crippen LogP contribution in [0.2, 0.25) is 0 Å². The van der Waals surface area contributed by atoms with Gasteiger partial charge in [-0.05, 0) is 37.6 Å². The number of methoxy groups -OCH3 is 1. The van der Waals surface area contributed by atoms with Crippen LogP contribution in [-0.2, 0) is 4.74 Å². The lowest BCUT2D eigenvalue weighted by atomic mass is 10.1. The summed E-state index contributed by atoms with van der Waals surface area (Å²) in [6.07, 6.45) is 2.10. The van der Waals surface area contributed by atoms with Gasteiger partial charge >= 0.3 is 0 Å². The maximum Gasteiger partial charge on any atom is 0.255 e. The summed E-state index contributed by atoms with van der Waals surface area (Å²) in [6.45, 7) is 2.44. The minimum absolute atomic E-state index is 0.149. The molecule has 0 saturated carbocycles. The largest absolute Gasteiger partial charge is 0.489 e. The van der Waals surface area contributed by atoms with Gasteiger partial charge in [-0.1, -0.05) is 42.5 Å². The van der Waals surface area contributed by atoms with E-state index in [-0.39, 0.29) is 18.1 Å². The molecule has 1 atom stereocenters. The van der Waals surface area contributed by atoms with Crippen LogP contribution < -0.4 is 10.1 Å². The van der Waals surface area contributed by atoms with Gasteiger partial charge in [0.15, 0.2) is 0 Å². The van der Waals surface area contributed by atoms with Crippen LogP contribution in [0.25, 0.3) is 0 Å². The van der Waals surface area contributed by atoms with Crippen LogP contribution in [0.15, 0.2) is 54.6 Å². The molecule has 1 heterocycles. The van der Waals surface area contributed by atoms with Crippen molar-refractivity contribution in [1.29, 1.82) is 0 Å². The van der Waals surface area contributed by atoms with Gasteiger partial charge in [0, 0.05) is 20.2 Å². The summed E-state index contributed by atoms with van der Waals surface area (Å²) in [4.78, 5) is 15.3. The van der Waals surface area contributed by atoms with Gasteiger partial charge in [-0.15, -0.1) is 0 Å².